The molecule has 0 aromatic carbocycles. The van der Waals surface area contributed by atoms with Gasteiger partial charge in [0.2, 0.25) is 0 Å². The van der Waals surface area contributed by atoms with Gasteiger partial charge in [-0.3, -0.25) is 9.59 Å². The van der Waals surface area contributed by atoms with Gasteiger partial charge in [0.05, 0.1) is 40.3 Å². The second-order valence-electron chi connectivity index (χ2n) is 20.2. The van der Waals surface area contributed by atoms with Crippen molar-refractivity contribution in [2.75, 3.05) is 41.0 Å². The molecule has 0 aliphatic carbocycles. The number of carbonyl (C=O) groups is 3. The summed E-state index contributed by atoms with van der Waals surface area (Å²) in [5, 5.41) is 11.7. The van der Waals surface area contributed by atoms with E-state index in [1.54, 1.807) is 21.1 Å². The molecule has 0 N–H and O–H groups in total. The van der Waals surface area contributed by atoms with Crippen LogP contribution in [0.2, 0.25) is 0 Å². The minimum atomic E-state index is -1.13. The summed E-state index contributed by atoms with van der Waals surface area (Å²) in [6, 6.07) is -0.729. The van der Waals surface area contributed by atoms with Crippen LogP contribution in [0.5, 0.6) is 0 Å². The van der Waals surface area contributed by atoms with E-state index in [4.69, 9.17) is 14.2 Å². The van der Waals surface area contributed by atoms with Gasteiger partial charge in [-0.05, 0) is 70.6 Å². The number of ether oxygens (including phenoxy) is 3. The SMILES string of the molecule is CCCCCC/C=C/C=C/CCCCCCCCCCCCC(=O)OC(COCCC(C(=O)[O-])[N+](C)(C)C)COC(=O)CCCCCCCCC/C=C/C/C=C/CCCCCCCCCCC. The van der Waals surface area contributed by atoms with Gasteiger partial charge in [-0.2, -0.15) is 0 Å². The van der Waals surface area contributed by atoms with Crippen molar-refractivity contribution < 1.29 is 38.2 Å². The molecule has 8 heteroatoms. The summed E-state index contributed by atoms with van der Waals surface area (Å²) in [6.07, 6.45) is 61.5. The summed E-state index contributed by atoms with van der Waals surface area (Å²) in [5.41, 5.74) is 0. The molecule has 0 spiro atoms. The molecule has 0 bridgehead atoms. The molecular weight excluding hydrogens is 835 g/mol. The number of unbranched alkanes of at least 4 members (excludes halogenated alkanes) is 30. The van der Waals surface area contributed by atoms with E-state index in [1.165, 1.54) is 173 Å². The Morgan fingerprint density at radius 3 is 1.25 bits per heavy atom. The summed E-state index contributed by atoms with van der Waals surface area (Å²) >= 11 is 0. The van der Waals surface area contributed by atoms with E-state index in [0.717, 1.165) is 51.4 Å². The Hall–Kier alpha value is -2.71. The number of quaternary nitrogens is 1. The maximum absolute atomic E-state index is 12.8. The van der Waals surface area contributed by atoms with Gasteiger partial charge >= 0.3 is 11.9 Å². The predicted octanol–water partition coefficient (Wildman–Crippen LogP) is 15.4. The topological polar surface area (TPSA) is 102 Å². The van der Waals surface area contributed by atoms with Crippen LogP contribution >= 0.6 is 0 Å². The second kappa shape index (κ2) is 49.7. The van der Waals surface area contributed by atoms with Gasteiger partial charge in [0.25, 0.3) is 0 Å². The van der Waals surface area contributed by atoms with Gasteiger partial charge in [-0.1, -0.05) is 217 Å². The van der Waals surface area contributed by atoms with Crippen molar-refractivity contribution >= 4 is 17.9 Å². The zero-order valence-corrected chi connectivity index (χ0v) is 44.6. The molecule has 0 aromatic heterocycles. The first-order valence-electron chi connectivity index (χ1n) is 28.2. The molecule has 390 valence electrons. The number of hydrogen-bond acceptors (Lipinski definition) is 7. The van der Waals surface area contributed by atoms with Crippen LogP contribution < -0.4 is 5.11 Å². The lowest BCUT2D eigenvalue weighted by Crippen LogP contribution is -2.55. The quantitative estimate of drug-likeness (QED) is 0.0197. The van der Waals surface area contributed by atoms with Crippen molar-refractivity contribution in [2.24, 2.45) is 0 Å². The Morgan fingerprint density at radius 2 is 0.836 bits per heavy atom. The first-order chi connectivity index (χ1) is 32.6. The van der Waals surface area contributed by atoms with Crippen LogP contribution in [-0.4, -0.2) is 75.5 Å². The molecule has 8 nitrogen and oxygen atoms in total. The number of rotatable bonds is 51. The molecule has 0 saturated heterocycles. The fourth-order valence-electron chi connectivity index (χ4n) is 8.33. The van der Waals surface area contributed by atoms with Crippen LogP contribution in [0.4, 0.5) is 0 Å². The normalized spacial score (nSPS) is 13.1. The van der Waals surface area contributed by atoms with Gasteiger partial charge in [-0.25, -0.2) is 0 Å². The summed E-state index contributed by atoms with van der Waals surface area (Å²) in [7, 11) is 5.42. The lowest BCUT2D eigenvalue weighted by molar-refractivity contribution is -0.889. The average Bonchev–Trinajstić information content (AvgIpc) is 3.29. The largest absolute Gasteiger partial charge is 0.544 e. The molecule has 0 fully saturated rings. The molecule has 0 amide bonds. The highest BCUT2D eigenvalue weighted by Gasteiger charge is 2.25. The lowest BCUT2D eigenvalue weighted by atomic mass is 10.1. The number of esters is 2. The highest BCUT2D eigenvalue weighted by atomic mass is 16.6. The van der Waals surface area contributed by atoms with Crippen LogP contribution in [0.15, 0.2) is 48.6 Å². The number of allylic oxidation sites excluding steroid dienone is 8. The van der Waals surface area contributed by atoms with E-state index in [1.807, 2.05) is 0 Å². The Balaban J connectivity index is 4.20. The van der Waals surface area contributed by atoms with E-state index in [0.29, 0.717) is 12.8 Å². The van der Waals surface area contributed by atoms with E-state index in [-0.39, 0.29) is 42.7 Å². The standard InChI is InChI=1S/C59H107NO7/c1-6-8-10-12-14-16-18-20-22-24-26-28-29-30-32-33-35-37-39-41-43-45-47-49-57(61)66-54-55(53-65-52-51-56(59(63)64)60(3,4)5)67-58(62)50-48-46-44-42-40-38-36-34-31-27-25-23-21-19-17-15-13-11-9-7-2/h17,19,21,23,26,28,30,32,55-56H,6-16,18,20,22,24-25,27,29,31,33-54H2,1-5H3/b19-17+,23-21+,28-26+,32-30+. The minimum absolute atomic E-state index is 0.0372. The molecular formula is C59H107NO7. The van der Waals surface area contributed by atoms with Crippen molar-refractivity contribution in [2.45, 2.75) is 270 Å². The number of carboxylic acid groups (broad SMARTS) is 1. The maximum Gasteiger partial charge on any atom is 0.306 e. The van der Waals surface area contributed by atoms with E-state index in [9.17, 15) is 19.5 Å². The van der Waals surface area contributed by atoms with E-state index >= 15 is 0 Å². The Bertz CT molecular complexity index is 1230. The number of likely N-dealkylation sites (N-methyl/N-ethyl adjacent to an activating group) is 1. The second-order valence-corrected chi connectivity index (χ2v) is 20.2. The number of carboxylic acids is 1. The minimum Gasteiger partial charge on any atom is -0.544 e. The van der Waals surface area contributed by atoms with Crippen LogP contribution in [-0.2, 0) is 28.6 Å². The van der Waals surface area contributed by atoms with Crippen molar-refractivity contribution in [3.63, 3.8) is 0 Å². The van der Waals surface area contributed by atoms with Gasteiger partial charge in [-0.15, -0.1) is 0 Å². The third-order valence-corrected chi connectivity index (χ3v) is 12.7. The van der Waals surface area contributed by atoms with E-state index in [2.05, 4.69) is 62.5 Å². The van der Waals surface area contributed by atoms with Gasteiger partial charge < -0.3 is 28.6 Å². The molecule has 0 heterocycles. The van der Waals surface area contributed by atoms with Crippen molar-refractivity contribution in [3.05, 3.63) is 48.6 Å². The number of carbonyl (C=O) groups excluding carboxylic acids is 3. The van der Waals surface area contributed by atoms with Crippen LogP contribution in [0.25, 0.3) is 0 Å². The van der Waals surface area contributed by atoms with Crippen LogP contribution in [0.3, 0.4) is 0 Å². The highest BCUT2D eigenvalue weighted by molar-refractivity contribution is 5.70. The molecule has 2 unspecified atom stereocenters. The number of aliphatic carboxylic acids is 1. The maximum atomic E-state index is 12.8. The van der Waals surface area contributed by atoms with Gasteiger partial charge in [0.15, 0.2) is 6.10 Å². The number of nitrogens with zero attached hydrogens (tertiary/aromatic N) is 1. The summed E-state index contributed by atoms with van der Waals surface area (Å²) in [6.45, 7) is 4.67. The van der Waals surface area contributed by atoms with E-state index < -0.39 is 18.1 Å². The van der Waals surface area contributed by atoms with Crippen molar-refractivity contribution in [1.82, 2.24) is 0 Å². The van der Waals surface area contributed by atoms with Gasteiger partial charge in [0, 0.05) is 19.3 Å². The first-order valence-corrected chi connectivity index (χ1v) is 28.2. The number of hydrogen-bond donors (Lipinski definition) is 0. The molecule has 67 heavy (non-hydrogen) atoms. The molecule has 0 rings (SSSR count). The Labute approximate surface area is 414 Å². The fourth-order valence-corrected chi connectivity index (χ4v) is 8.33. The Morgan fingerprint density at radius 1 is 0.463 bits per heavy atom. The third-order valence-electron chi connectivity index (χ3n) is 12.7. The molecule has 0 aliphatic heterocycles. The molecule has 0 radical (unpaired) electrons. The molecule has 0 aromatic rings. The third kappa shape index (κ3) is 48.1. The smallest absolute Gasteiger partial charge is 0.306 e. The van der Waals surface area contributed by atoms with Crippen molar-refractivity contribution in [3.8, 4) is 0 Å². The molecule has 0 aliphatic rings. The van der Waals surface area contributed by atoms with Gasteiger partial charge in [0.1, 0.15) is 12.6 Å². The highest BCUT2D eigenvalue weighted by Crippen LogP contribution is 2.16. The summed E-state index contributed by atoms with van der Waals surface area (Å²) in [5.74, 6) is -1.74. The Kier molecular flexibility index (Phi) is 47.7. The van der Waals surface area contributed by atoms with Crippen LogP contribution in [0, 0.1) is 0 Å². The molecule has 0 saturated carbocycles. The average molecular weight is 943 g/mol. The first kappa shape index (κ1) is 64.3. The van der Waals surface area contributed by atoms with Crippen molar-refractivity contribution in [1.29, 1.82) is 0 Å². The zero-order valence-electron chi connectivity index (χ0n) is 44.6. The monoisotopic (exact) mass is 942 g/mol. The summed E-state index contributed by atoms with van der Waals surface area (Å²) < 4.78 is 17.3. The summed E-state index contributed by atoms with van der Waals surface area (Å²) in [4.78, 5) is 37.1. The molecule has 2 atom stereocenters. The lowest BCUT2D eigenvalue weighted by Gasteiger charge is -2.34. The van der Waals surface area contributed by atoms with Crippen LogP contribution in [0.1, 0.15) is 258 Å². The zero-order chi connectivity index (χ0) is 49.2. The fraction of sp³-hybridized carbons (Fsp3) is 0.814. The predicted molar refractivity (Wildman–Crippen MR) is 282 cm³/mol.